The molecule has 170 valence electrons. The Bertz CT molecular complexity index is 1390. The molecule has 2 N–H and O–H groups in total. The molecule has 0 radical (unpaired) electrons. The van der Waals surface area contributed by atoms with Gasteiger partial charge in [-0.25, -0.2) is 4.79 Å². The lowest BCUT2D eigenvalue weighted by Crippen LogP contribution is -2.28. The molecular weight excluding hydrogens is 432 g/mol. The van der Waals surface area contributed by atoms with Gasteiger partial charge >= 0.3 is 5.97 Å². The van der Waals surface area contributed by atoms with E-state index >= 15 is 0 Å². The number of hydrogen-bond donors (Lipinski definition) is 2. The number of carboxylic acids is 1. The van der Waals surface area contributed by atoms with Gasteiger partial charge < -0.3 is 20.0 Å². The third-order valence-corrected chi connectivity index (χ3v) is 5.64. The number of nitrogens with one attached hydrogen (secondary N) is 1. The molecule has 1 unspecified atom stereocenters. The lowest BCUT2D eigenvalue weighted by Gasteiger charge is -2.22. The number of aromatic carboxylic acids is 1. The van der Waals surface area contributed by atoms with E-state index in [1.54, 1.807) is 0 Å². The summed E-state index contributed by atoms with van der Waals surface area (Å²) in [4.78, 5) is 24.8. The maximum atomic E-state index is 12.6. The maximum Gasteiger partial charge on any atom is 0.358 e. The number of para-hydroxylation sites is 1. The van der Waals surface area contributed by atoms with Crippen molar-refractivity contribution in [3.63, 3.8) is 0 Å². The van der Waals surface area contributed by atoms with E-state index in [1.807, 2.05) is 78.9 Å². The first-order valence-corrected chi connectivity index (χ1v) is 10.9. The molecule has 1 aliphatic heterocycles. The van der Waals surface area contributed by atoms with Crippen LogP contribution in [-0.2, 0) is 6.61 Å². The smallest absolute Gasteiger partial charge is 0.358 e. The third kappa shape index (κ3) is 4.23. The number of hydrogen-bond acceptors (Lipinski definition) is 5. The fourth-order valence-corrected chi connectivity index (χ4v) is 4.00. The number of rotatable bonds is 6. The van der Waals surface area contributed by atoms with Crippen molar-refractivity contribution in [2.24, 2.45) is 0 Å². The van der Waals surface area contributed by atoms with Crippen molar-refractivity contribution in [2.75, 3.05) is 5.43 Å². The van der Waals surface area contributed by atoms with Crippen LogP contribution in [0.15, 0.2) is 107 Å². The molecule has 2 aliphatic rings. The molecule has 1 aromatic heterocycles. The van der Waals surface area contributed by atoms with Crippen molar-refractivity contribution in [3.05, 3.63) is 130 Å². The van der Waals surface area contributed by atoms with E-state index in [4.69, 9.17) is 9.47 Å². The average molecular weight is 454 g/mol. The Labute approximate surface area is 195 Å². The second kappa shape index (κ2) is 9.15. The minimum atomic E-state index is -1.28. The minimum absolute atomic E-state index is 0.0744. The number of aromatic nitrogens is 1. The van der Waals surface area contributed by atoms with Gasteiger partial charge in [-0.2, -0.15) is 0 Å². The van der Waals surface area contributed by atoms with E-state index in [1.165, 1.54) is 16.9 Å². The van der Waals surface area contributed by atoms with Gasteiger partial charge in [0.25, 0.3) is 0 Å². The Hall–Kier alpha value is -4.52. The van der Waals surface area contributed by atoms with Crippen LogP contribution in [0.3, 0.4) is 0 Å². The molecular formula is C27H22N2O5. The minimum Gasteiger partial charge on any atom is -0.482 e. The van der Waals surface area contributed by atoms with Crippen molar-refractivity contribution in [1.29, 1.82) is 0 Å². The van der Waals surface area contributed by atoms with Crippen molar-refractivity contribution in [1.82, 2.24) is 4.68 Å². The topological polar surface area (TPSA) is 89.8 Å². The van der Waals surface area contributed by atoms with Crippen molar-refractivity contribution >= 4 is 5.97 Å². The monoisotopic (exact) mass is 454 g/mol. The lowest BCUT2D eigenvalue weighted by molar-refractivity contribution is 0.0679. The Kier molecular flexibility index (Phi) is 5.74. The molecule has 3 aromatic rings. The highest BCUT2D eigenvalue weighted by Crippen LogP contribution is 2.36. The molecule has 0 bridgehead atoms. The molecule has 0 fully saturated rings. The quantitative estimate of drug-likeness (QED) is 0.567. The first-order valence-electron chi connectivity index (χ1n) is 10.9. The van der Waals surface area contributed by atoms with Gasteiger partial charge in [-0.05, 0) is 35.8 Å². The van der Waals surface area contributed by atoms with Crippen LogP contribution in [0.2, 0.25) is 0 Å². The van der Waals surface area contributed by atoms with E-state index in [0.29, 0.717) is 12.2 Å². The molecule has 2 aromatic carbocycles. The van der Waals surface area contributed by atoms with Crippen LogP contribution >= 0.6 is 0 Å². The molecule has 7 nitrogen and oxygen atoms in total. The summed E-state index contributed by atoms with van der Waals surface area (Å²) in [5.74, 6) is -0.0747. The second-order valence-electron chi connectivity index (χ2n) is 7.91. The normalized spacial score (nSPS) is 16.2. The van der Waals surface area contributed by atoms with Crippen LogP contribution in [0.1, 0.15) is 34.1 Å². The lowest BCUT2D eigenvalue weighted by atomic mass is 10.0. The summed E-state index contributed by atoms with van der Waals surface area (Å²) in [6.07, 6.45) is 10.00. The Morgan fingerprint density at radius 2 is 1.91 bits per heavy atom. The summed E-state index contributed by atoms with van der Waals surface area (Å²) in [5.41, 5.74) is 5.10. The largest absolute Gasteiger partial charge is 0.482 e. The highest BCUT2D eigenvalue weighted by atomic mass is 16.5. The van der Waals surface area contributed by atoms with E-state index in [0.717, 1.165) is 22.5 Å². The molecule has 7 heteroatoms. The van der Waals surface area contributed by atoms with Crippen LogP contribution in [0.4, 0.5) is 0 Å². The fraction of sp³-hybridized carbons (Fsp3) is 0.111. The van der Waals surface area contributed by atoms with Crippen molar-refractivity contribution in [3.8, 4) is 11.5 Å². The number of nitrogens with zero attached hydrogens (tertiary/aromatic N) is 1. The standard InChI is InChI=1S/C27H22N2O5/c30-22-14-15-29(25(27(31)32)26(22)33-17-18-8-2-1-3-9-18)28-21-16-19-10-4-6-12-23(19)34-24-13-7-5-11-20(21)24/h1-9,11-16,21,28H,10,17H2,(H,31,32). The molecule has 0 saturated carbocycles. The van der Waals surface area contributed by atoms with Crippen LogP contribution in [-0.4, -0.2) is 15.8 Å². The summed E-state index contributed by atoms with van der Waals surface area (Å²) >= 11 is 0. The predicted molar refractivity (Wildman–Crippen MR) is 128 cm³/mol. The van der Waals surface area contributed by atoms with Crippen molar-refractivity contribution in [2.45, 2.75) is 19.1 Å². The number of benzene rings is 2. The zero-order valence-corrected chi connectivity index (χ0v) is 18.2. The Balaban J connectivity index is 1.54. The summed E-state index contributed by atoms with van der Waals surface area (Å²) < 4.78 is 13.2. The van der Waals surface area contributed by atoms with Gasteiger partial charge in [-0.3, -0.25) is 9.47 Å². The zero-order valence-electron chi connectivity index (χ0n) is 18.2. The SMILES string of the molecule is O=C(O)c1c(OCc2ccccc2)c(=O)ccn1NC1C=C2CC=CC=C2Oc2ccccc21. The van der Waals surface area contributed by atoms with Crippen LogP contribution in [0.5, 0.6) is 11.5 Å². The van der Waals surface area contributed by atoms with Crippen LogP contribution < -0.4 is 20.3 Å². The van der Waals surface area contributed by atoms with E-state index in [2.05, 4.69) is 5.43 Å². The summed E-state index contributed by atoms with van der Waals surface area (Å²) in [6.45, 7) is 0.0744. The first-order chi connectivity index (χ1) is 16.6. The summed E-state index contributed by atoms with van der Waals surface area (Å²) in [7, 11) is 0. The molecule has 0 saturated heterocycles. The third-order valence-electron chi connectivity index (χ3n) is 5.64. The number of fused-ring (bicyclic) bond motifs is 2. The van der Waals surface area contributed by atoms with Gasteiger partial charge in [0.1, 0.15) is 18.1 Å². The number of pyridine rings is 1. The summed E-state index contributed by atoms with van der Waals surface area (Å²) in [6, 6.07) is 17.7. The van der Waals surface area contributed by atoms with E-state index < -0.39 is 17.4 Å². The predicted octanol–water partition coefficient (Wildman–Crippen LogP) is 4.57. The average Bonchev–Trinajstić information content (AvgIpc) is 3.01. The fourth-order valence-electron chi connectivity index (χ4n) is 4.00. The van der Waals surface area contributed by atoms with E-state index in [-0.39, 0.29) is 18.1 Å². The summed E-state index contributed by atoms with van der Waals surface area (Å²) in [5, 5.41) is 10.00. The van der Waals surface area contributed by atoms with Crippen LogP contribution in [0.25, 0.3) is 0 Å². The molecule has 1 atom stereocenters. The maximum absolute atomic E-state index is 12.6. The van der Waals surface area contributed by atoms with Gasteiger partial charge in [0.2, 0.25) is 5.43 Å². The highest BCUT2D eigenvalue weighted by Gasteiger charge is 2.26. The number of carbonyl (C=O) groups is 1. The number of ether oxygens (including phenoxy) is 2. The zero-order chi connectivity index (χ0) is 23.5. The molecule has 2 heterocycles. The van der Waals surface area contributed by atoms with Gasteiger partial charge in [0, 0.05) is 17.8 Å². The molecule has 34 heavy (non-hydrogen) atoms. The molecule has 0 amide bonds. The van der Waals surface area contributed by atoms with Gasteiger partial charge in [-0.1, -0.05) is 60.7 Å². The van der Waals surface area contributed by atoms with Crippen LogP contribution in [0, 0.1) is 0 Å². The Morgan fingerprint density at radius 3 is 2.74 bits per heavy atom. The van der Waals surface area contributed by atoms with Gasteiger partial charge in [-0.15, -0.1) is 0 Å². The first kappa shape index (κ1) is 21.3. The number of carboxylic acid groups (broad SMARTS) is 1. The number of allylic oxidation sites excluding steroid dienone is 4. The second-order valence-corrected chi connectivity index (χ2v) is 7.91. The Morgan fingerprint density at radius 1 is 1.12 bits per heavy atom. The van der Waals surface area contributed by atoms with Crippen molar-refractivity contribution < 1.29 is 19.4 Å². The van der Waals surface area contributed by atoms with Gasteiger partial charge in [0.05, 0.1) is 6.04 Å². The molecule has 1 aliphatic carbocycles. The van der Waals surface area contributed by atoms with E-state index in [9.17, 15) is 14.7 Å². The molecule has 0 spiro atoms. The van der Waals surface area contributed by atoms with Gasteiger partial charge in [0.15, 0.2) is 11.4 Å². The molecule has 5 rings (SSSR count). The highest BCUT2D eigenvalue weighted by molar-refractivity contribution is 5.89.